The number of carbonyl (C=O) groups is 1. The van der Waals surface area contributed by atoms with Crippen molar-refractivity contribution in [1.29, 1.82) is 0 Å². The van der Waals surface area contributed by atoms with Gasteiger partial charge in [-0.05, 0) is 55.2 Å². The Balaban J connectivity index is 1.85. The van der Waals surface area contributed by atoms with Gasteiger partial charge in [-0.3, -0.25) is 4.79 Å². The van der Waals surface area contributed by atoms with Crippen LogP contribution in [0.25, 0.3) is 0 Å². The fourth-order valence-electron chi connectivity index (χ4n) is 2.87. The zero-order valence-electron chi connectivity index (χ0n) is 13.4. The predicted octanol–water partition coefficient (Wildman–Crippen LogP) is 5.02. The van der Waals surface area contributed by atoms with Crippen LogP contribution < -0.4 is 0 Å². The summed E-state index contributed by atoms with van der Waals surface area (Å²) in [6.45, 7) is 8.64. The fourth-order valence-corrected chi connectivity index (χ4v) is 3.06. The summed E-state index contributed by atoms with van der Waals surface area (Å²) >= 11 is 5.96. The SMILES string of the molecule is CC(C)(C)CCC1CCN(C(=O)c2cccc(Cl)c2)CC1. The molecule has 1 aromatic carbocycles. The predicted molar refractivity (Wildman–Crippen MR) is 88.8 cm³/mol. The van der Waals surface area contributed by atoms with Gasteiger partial charge in [-0.25, -0.2) is 0 Å². The lowest BCUT2D eigenvalue weighted by Gasteiger charge is -2.33. The minimum absolute atomic E-state index is 0.117. The first-order valence-corrected chi connectivity index (χ1v) is 8.28. The van der Waals surface area contributed by atoms with Crippen LogP contribution in [0.1, 0.15) is 56.8 Å². The lowest BCUT2D eigenvalue weighted by atomic mass is 9.83. The number of likely N-dealkylation sites (tertiary alicyclic amines) is 1. The number of halogens is 1. The Morgan fingerprint density at radius 1 is 1.29 bits per heavy atom. The van der Waals surface area contributed by atoms with Crippen molar-refractivity contribution in [2.75, 3.05) is 13.1 Å². The van der Waals surface area contributed by atoms with E-state index >= 15 is 0 Å². The Bertz CT molecular complexity index is 484. The van der Waals surface area contributed by atoms with Crippen LogP contribution in [0.4, 0.5) is 0 Å². The lowest BCUT2D eigenvalue weighted by Crippen LogP contribution is -2.38. The maximum absolute atomic E-state index is 12.4. The number of amides is 1. The van der Waals surface area contributed by atoms with E-state index in [1.165, 1.54) is 12.8 Å². The highest BCUT2D eigenvalue weighted by Gasteiger charge is 2.24. The first kappa shape index (κ1) is 16.4. The summed E-state index contributed by atoms with van der Waals surface area (Å²) in [5, 5.41) is 0.626. The molecule has 1 amide bonds. The molecule has 1 heterocycles. The number of benzene rings is 1. The fraction of sp³-hybridized carbons (Fsp3) is 0.611. The summed E-state index contributed by atoms with van der Waals surface area (Å²) in [7, 11) is 0. The average Bonchev–Trinajstić information content (AvgIpc) is 2.44. The lowest BCUT2D eigenvalue weighted by molar-refractivity contribution is 0.0681. The van der Waals surface area contributed by atoms with Crippen molar-refractivity contribution in [3.8, 4) is 0 Å². The summed E-state index contributed by atoms with van der Waals surface area (Å²) in [5.41, 5.74) is 1.11. The summed E-state index contributed by atoms with van der Waals surface area (Å²) in [6, 6.07) is 7.25. The molecule has 1 aliphatic heterocycles. The molecule has 1 saturated heterocycles. The second kappa shape index (κ2) is 6.83. The average molecular weight is 308 g/mol. The third-order valence-corrected chi connectivity index (χ3v) is 4.51. The van der Waals surface area contributed by atoms with Crippen molar-refractivity contribution in [3.05, 3.63) is 34.9 Å². The summed E-state index contributed by atoms with van der Waals surface area (Å²) in [4.78, 5) is 14.4. The van der Waals surface area contributed by atoms with Crippen molar-refractivity contribution < 1.29 is 4.79 Å². The van der Waals surface area contributed by atoms with Crippen molar-refractivity contribution in [2.45, 2.75) is 46.5 Å². The monoisotopic (exact) mass is 307 g/mol. The summed E-state index contributed by atoms with van der Waals surface area (Å²) in [5.74, 6) is 0.888. The molecule has 0 spiro atoms. The molecule has 0 unspecified atom stereocenters. The quantitative estimate of drug-likeness (QED) is 0.768. The Hall–Kier alpha value is -1.02. The van der Waals surface area contributed by atoms with Gasteiger partial charge in [-0.15, -0.1) is 0 Å². The molecule has 0 aromatic heterocycles. The molecule has 0 atom stereocenters. The van der Waals surface area contributed by atoms with Crippen molar-refractivity contribution in [1.82, 2.24) is 4.90 Å². The maximum atomic E-state index is 12.4. The molecule has 116 valence electrons. The molecular formula is C18H26ClNO. The van der Waals surface area contributed by atoms with Crippen molar-refractivity contribution in [2.24, 2.45) is 11.3 Å². The van der Waals surface area contributed by atoms with E-state index in [0.29, 0.717) is 16.0 Å². The third kappa shape index (κ3) is 5.03. The number of carbonyl (C=O) groups excluding carboxylic acids is 1. The van der Waals surface area contributed by atoms with E-state index in [9.17, 15) is 4.79 Å². The molecule has 3 heteroatoms. The second-order valence-electron chi connectivity index (χ2n) is 7.35. The normalized spacial score (nSPS) is 17.0. The number of rotatable bonds is 3. The zero-order chi connectivity index (χ0) is 15.5. The largest absolute Gasteiger partial charge is 0.339 e. The number of hydrogen-bond donors (Lipinski definition) is 0. The smallest absolute Gasteiger partial charge is 0.253 e. The van der Waals surface area contributed by atoms with Gasteiger partial charge in [0, 0.05) is 23.7 Å². The number of nitrogens with zero attached hydrogens (tertiary/aromatic N) is 1. The first-order valence-electron chi connectivity index (χ1n) is 7.90. The molecule has 2 rings (SSSR count). The third-order valence-electron chi connectivity index (χ3n) is 4.28. The van der Waals surface area contributed by atoms with Gasteiger partial charge in [-0.1, -0.05) is 38.4 Å². The number of piperidine rings is 1. The minimum atomic E-state index is 0.117. The Kier molecular flexibility index (Phi) is 5.32. The first-order chi connectivity index (χ1) is 9.85. The summed E-state index contributed by atoms with van der Waals surface area (Å²) < 4.78 is 0. The van der Waals surface area contributed by atoms with Crippen LogP contribution in [0.2, 0.25) is 5.02 Å². The van der Waals surface area contributed by atoms with Crippen LogP contribution in [0.5, 0.6) is 0 Å². The molecule has 2 nitrogen and oxygen atoms in total. The maximum Gasteiger partial charge on any atom is 0.253 e. The highest BCUT2D eigenvalue weighted by Crippen LogP contribution is 2.29. The van der Waals surface area contributed by atoms with E-state index in [1.54, 1.807) is 12.1 Å². The molecule has 0 radical (unpaired) electrons. The highest BCUT2D eigenvalue weighted by atomic mass is 35.5. The van der Waals surface area contributed by atoms with Crippen LogP contribution in [-0.4, -0.2) is 23.9 Å². The standard InChI is InChI=1S/C18H26ClNO/c1-18(2,3)10-7-14-8-11-20(12-9-14)17(21)15-5-4-6-16(19)13-15/h4-6,13-14H,7-12H2,1-3H3. The highest BCUT2D eigenvalue weighted by molar-refractivity contribution is 6.30. The number of hydrogen-bond acceptors (Lipinski definition) is 1. The summed E-state index contributed by atoms with van der Waals surface area (Å²) in [6.07, 6.45) is 4.80. The Morgan fingerprint density at radius 3 is 2.52 bits per heavy atom. The van der Waals surface area contributed by atoms with Gasteiger partial charge in [-0.2, -0.15) is 0 Å². The van der Waals surface area contributed by atoms with E-state index in [-0.39, 0.29) is 5.91 Å². The van der Waals surface area contributed by atoms with Crippen LogP contribution >= 0.6 is 11.6 Å². The molecule has 1 aromatic rings. The molecule has 1 aliphatic rings. The Morgan fingerprint density at radius 2 is 1.95 bits per heavy atom. The van der Waals surface area contributed by atoms with Gasteiger partial charge in [0.2, 0.25) is 0 Å². The zero-order valence-corrected chi connectivity index (χ0v) is 14.1. The Labute approximate surface area is 133 Å². The van der Waals surface area contributed by atoms with Crippen LogP contribution in [0, 0.1) is 11.3 Å². The molecule has 21 heavy (non-hydrogen) atoms. The molecule has 0 bridgehead atoms. The van der Waals surface area contributed by atoms with Crippen molar-refractivity contribution in [3.63, 3.8) is 0 Å². The van der Waals surface area contributed by atoms with Gasteiger partial charge in [0.15, 0.2) is 0 Å². The molecular weight excluding hydrogens is 282 g/mol. The van der Waals surface area contributed by atoms with Crippen LogP contribution in [0.15, 0.2) is 24.3 Å². The van der Waals surface area contributed by atoms with Gasteiger partial charge in [0.1, 0.15) is 0 Å². The van der Waals surface area contributed by atoms with Gasteiger partial charge < -0.3 is 4.90 Å². The van der Waals surface area contributed by atoms with E-state index in [0.717, 1.165) is 31.8 Å². The van der Waals surface area contributed by atoms with Gasteiger partial charge in [0.25, 0.3) is 5.91 Å². The van der Waals surface area contributed by atoms with E-state index in [4.69, 9.17) is 11.6 Å². The molecule has 0 N–H and O–H groups in total. The van der Waals surface area contributed by atoms with Gasteiger partial charge in [0.05, 0.1) is 0 Å². The minimum Gasteiger partial charge on any atom is -0.339 e. The van der Waals surface area contributed by atoms with E-state index in [2.05, 4.69) is 20.8 Å². The van der Waals surface area contributed by atoms with E-state index < -0.39 is 0 Å². The topological polar surface area (TPSA) is 20.3 Å². The molecule has 0 saturated carbocycles. The van der Waals surface area contributed by atoms with Crippen molar-refractivity contribution >= 4 is 17.5 Å². The van der Waals surface area contributed by atoms with Crippen LogP contribution in [-0.2, 0) is 0 Å². The van der Waals surface area contributed by atoms with Crippen LogP contribution in [0.3, 0.4) is 0 Å². The van der Waals surface area contributed by atoms with E-state index in [1.807, 2.05) is 17.0 Å². The molecule has 0 aliphatic carbocycles. The second-order valence-corrected chi connectivity index (χ2v) is 7.78. The molecule has 1 fully saturated rings. The van der Waals surface area contributed by atoms with Gasteiger partial charge >= 0.3 is 0 Å².